The molecule has 0 atom stereocenters. The van der Waals surface area contributed by atoms with Gasteiger partial charge in [-0.3, -0.25) is 4.79 Å². The molecule has 3 nitrogen and oxygen atoms in total. The molecule has 1 aromatic carbocycles. The molecule has 0 saturated carbocycles. The number of carbonyl (C=O) groups is 1. The Morgan fingerprint density at radius 1 is 1.33 bits per heavy atom. The summed E-state index contributed by atoms with van der Waals surface area (Å²) < 4.78 is 1.32. The van der Waals surface area contributed by atoms with E-state index < -0.39 is 0 Å². The third-order valence-electron chi connectivity index (χ3n) is 2.78. The molecule has 0 fully saturated rings. The van der Waals surface area contributed by atoms with E-state index in [1.54, 1.807) is 11.3 Å². The highest BCUT2D eigenvalue weighted by atomic mass is 32.1. The topological polar surface area (TPSA) is 41.1 Å². The van der Waals surface area contributed by atoms with Gasteiger partial charge in [0.05, 0.1) is 0 Å². The molecule has 0 aliphatic heterocycles. The zero-order valence-corrected chi connectivity index (χ0v) is 11.3. The molecule has 2 N–H and O–H groups in total. The van der Waals surface area contributed by atoms with Crippen LogP contribution in [-0.2, 0) is 11.3 Å². The maximum atomic E-state index is 11.3. The monoisotopic (exact) mass is 262 g/mol. The Morgan fingerprint density at radius 3 is 3.00 bits per heavy atom. The van der Waals surface area contributed by atoms with Crippen molar-refractivity contribution in [1.82, 2.24) is 10.6 Å². The average Bonchev–Trinajstić information content (AvgIpc) is 2.78. The van der Waals surface area contributed by atoms with Gasteiger partial charge in [-0.15, -0.1) is 11.3 Å². The zero-order chi connectivity index (χ0) is 12.8. The number of thiophene rings is 1. The smallest absolute Gasteiger partial charge is 0.221 e. The van der Waals surface area contributed by atoms with Gasteiger partial charge in [-0.1, -0.05) is 18.2 Å². The average molecular weight is 262 g/mol. The fourth-order valence-corrected chi connectivity index (χ4v) is 2.84. The molecule has 96 valence electrons. The van der Waals surface area contributed by atoms with Crippen LogP contribution >= 0.6 is 11.3 Å². The second-order valence-corrected chi connectivity index (χ2v) is 5.05. The minimum Gasteiger partial charge on any atom is -0.356 e. The molecule has 1 aromatic heterocycles. The zero-order valence-electron chi connectivity index (χ0n) is 10.5. The van der Waals surface area contributed by atoms with Gasteiger partial charge in [0, 0.05) is 30.8 Å². The molecule has 0 radical (unpaired) electrons. The van der Waals surface area contributed by atoms with Crippen molar-refractivity contribution < 1.29 is 4.79 Å². The van der Waals surface area contributed by atoms with Crippen LogP contribution in [0.2, 0.25) is 0 Å². The molecule has 0 aliphatic rings. The minimum absolute atomic E-state index is 0.111. The first-order valence-electron chi connectivity index (χ1n) is 6.23. The van der Waals surface area contributed by atoms with Crippen LogP contribution in [0.5, 0.6) is 0 Å². The lowest BCUT2D eigenvalue weighted by molar-refractivity contribution is -0.120. The fraction of sp³-hybridized carbons (Fsp3) is 0.357. The largest absolute Gasteiger partial charge is 0.356 e. The van der Waals surface area contributed by atoms with Crippen molar-refractivity contribution in [2.75, 3.05) is 13.1 Å². The van der Waals surface area contributed by atoms with Gasteiger partial charge in [0.15, 0.2) is 0 Å². The Labute approximate surface area is 111 Å². The van der Waals surface area contributed by atoms with E-state index in [1.807, 2.05) is 6.92 Å². The van der Waals surface area contributed by atoms with Crippen molar-refractivity contribution in [1.29, 1.82) is 0 Å². The SMILES string of the molecule is CCNC(=O)CCNCc1csc2ccccc12. The molecule has 0 bridgehead atoms. The number of hydrogen-bond acceptors (Lipinski definition) is 3. The minimum atomic E-state index is 0.111. The van der Waals surface area contributed by atoms with Crippen LogP contribution in [0.25, 0.3) is 10.1 Å². The molecule has 1 heterocycles. The number of hydrogen-bond donors (Lipinski definition) is 2. The predicted octanol–water partition coefficient (Wildman–Crippen LogP) is 2.52. The van der Waals surface area contributed by atoms with Crippen molar-refractivity contribution in [3.8, 4) is 0 Å². The van der Waals surface area contributed by atoms with Crippen molar-refractivity contribution in [3.63, 3.8) is 0 Å². The Balaban J connectivity index is 1.82. The second-order valence-electron chi connectivity index (χ2n) is 4.14. The Hall–Kier alpha value is -1.39. The van der Waals surface area contributed by atoms with E-state index in [0.29, 0.717) is 13.0 Å². The highest BCUT2D eigenvalue weighted by Gasteiger charge is 2.03. The van der Waals surface area contributed by atoms with Gasteiger partial charge in [-0.25, -0.2) is 0 Å². The highest BCUT2D eigenvalue weighted by Crippen LogP contribution is 2.25. The van der Waals surface area contributed by atoms with Crippen molar-refractivity contribution in [3.05, 3.63) is 35.2 Å². The summed E-state index contributed by atoms with van der Waals surface area (Å²) in [6, 6.07) is 8.41. The van der Waals surface area contributed by atoms with Gasteiger partial charge in [-0.05, 0) is 29.3 Å². The van der Waals surface area contributed by atoms with E-state index in [2.05, 4.69) is 40.3 Å². The lowest BCUT2D eigenvalue weighted by Crippen LogP contribution is -2.27. The fourth-order valence-electron chi connectivity index (χ4n) is 1.88. The maximum absolute atomic E-state index is 11.3. The molecule has 4 heteroatoms. The van der Waals surface area contributed by atoms with E-state index in [1.165, 1.54) is 15.6 Å². The van der Waals surface area contributed by atoms with Crippen LogP contribution in [0.3, 0.4) is 0 Å². The lowest BCUT2D eigenvalue weighted by atomic mass is 10.2. The van der Waals surface area contributed by atoms with E-state index >= 15 is 0 Å². The Morgan fingerprint density at radius 2 is 2.17 bits per heavy atom. The van der Waals surface area contributed by atoms with Gasteiger partial charge >= 0.3 is 0 Å². The first kappa shape index (κ1) is 13.1. The summed E-state index contributed by atoms with van der Waals surface area (Å²) in [5, 5.41) is 9.60. The predicted molar refractivity (Wildman–Crippen MR) is 76.8 cm³/mol. The number of benzene rings is 1. The second kappa shape index (κ2) is 6.52. The Kier molecular flexibility index (Phi) is 4.73. The highest BCUT2D eigenvalue weighted by molar-refractivity contribution is 7.17. The number of nitrogens with one attached hydrogen (secondary N) is 2. The maximum Gasteiger partial charge on any atom is 0.221 e. The lowest BCUT2D eigenvalue weighted by Gasteiger charge is -2.04. The van der Waals surface area contributed by atoms with Gasteiger partial charge in [0.2, 0.25) is 5.91 Å². The van der Waals surface area contributed by atoms with Crippen molar-refractivity contribution in [2.45, 2.75) is 19.9 Å². The quantitative estimate of drug-likeness (QED) is 0.785. The third kappa shape index (κ3) is 3.31. The van der Waals surface area contributed by atoms with Crippen LogP contribution in [-0.4, -0.2) is 19.0 Å². The standard InChI is InChI=1S/C14H18N2OS/c1-2-16-14(17)7-8-15-9-11-10-18-13-6-4-3-5-12(11)13/h3-6,10,15H,2,7-9H2,1H3,(H,16,17). The number of amides is 1. The summed E-state index contributed by atoms with van der Waals surface area (Å²) in [7, 11) is 0. The first-order chi connectivity index (χ1) is 8.81. The summed E-state index contributed by atoms with van der Waals surface area (Å²) in [4.78, 5) is 11.3. The van der Waals surface area contributed by atoms with Crippen molar-refractivity contribution >= 4 is 27.3 Å². The molecule has 0 saturated heterocycles. The summed E-state index contributed by atoms with van der Waals surface area (Å²) in [6.07, 6.45) is 0.538. The van der Waals surface area contributed by atoms with E-state index in [-0.39, 0.29) is 5.91 Å². The third-order valence-corrected chi connectivity index (χ3v) is 3.79. The van der Waals surface area contributed by atoms with E-state index in [0.717, 1.165) is 13.1 Å². The molecule has 18 heavy (non-hydrogen) atoms. The summed E-state index contributed by atoms with van der Waals surface area (Å²) in [5.41, 5.74) is 1.31. The normalized spacial score (nSPS) is 10.7. The molecular formula is C14H18N2OS. The molecule has 0 spiro atoms. The summed E-state index contributed by atoms with van der Waals surface area (Å²) >= 11 is 1.77. The molecule has 1 amide bonds. The number of rotatable bonds is 6. The van der Waals surface area contributed by atoms with Gasteiger partial charge < -0.3 is 10.6 Å². The molecule has 2 aromatic rings. The number of fused-ring (bicyclic) bond motifs is 1. The Bertz CT molecular complexity index is 521. The summed E-state index contributed by atoms with van der Waals surface area (Å²) in [5.74, 6) is 0.111. The van der Waals surface area contributed by atoms with Crippen LogP contribution in [0.4, 0.5) is 0 Å². The molecule has 0 unspecified atom stereocenters. The number of carbonyl (C=O) groups excluding carboxylic acids is 1. The van der Waals surface area contributed by atoms with Crippen LogP contribution in [0.1, 0.15) is 18.9 Å². The van der Waals surface area contributed by atoms with E-state index in [9.17, 15) is 4.79 Å². The van der Waals surface area contributed by atoms with E-state index in [4.69, 9.17) is 0 Å². The van der Waals surface area contributed by atoms with Gasteiger partial charge in [0.25, 0.3) is 0 Å². The molecule has 0 aliphatic carbocycles. The van der Waals surface area contributed by atoms with Gasteiger partial charge in [-0.2, -0.15) is 0 Å². The van der Waals surface area contributed by atoms with Crippen LogP contribution in [0.15, 0.2) is 29.6 Å². The summed E-state index contributed by atoms with van der Waals surface area (Å²) in [6.45, 7) is 4.18. The van der Waals surface area contributed by atoms with Gasteiger partial charge in [0.1, 0.15) is 0 Å². The molecular weight excluding hydrogens is 244 g/mol. The molecule has 2 rings (SSSR count). The van der Waals surface area contributed by atoms with Crippen LogP contribution < -0.4 is 10.6 Å². The van der Waals surface area contributed by atoms with Crippen molar-refractivity contribution in [2.24, 2.45) is 0 Å². The van der Waals surface area contributed by atoms with Crippen LogP contribution in [0, 0.1) is 0 Å². The first-order valence-corrected chi connectivity index (χ1v) is 7.11.